The quantitative estimate of drug-likeness (QED) is 0.390. The van der Waals surface area contributed by atoms with Crippen LogP contribution in [0, 0.1) is 0 Å². The number of nitrogens with one attached hydrogen (secondary N) is 1. The van der Waals surface area contributed by atoms with Crippen molar-refractivity contribution in [3.05, 3.63) is 30.2 Å². The molecule has 0 radical (unpaired) electrons. The van der Waals surface area contributed by atoms with E-state index < -0.39 is 11.9 Å². The van der Waals surface area contributed by atoms with Crippen LogP contribution in [-0.4, -0.2) is 41.4 Å². The first-order valence-corrected chi connectivity index (χ1v) is 9.19. The van der Waals surface area contributed by atoms with Crippen LogP contribution in [0.15, 0.2) is 34.0 Å². The second-order valence-corrected chi connectivity index (χ2v) is 6.83. The number of furan rings is 1. The molecule has 0 bridgehead atoms. The molecule has 27 heavy (non-hydrogen) atoms. The van der Waals surface area contributed by atoms with Crippen molar-refractivity contribution in [3.63, 3.8) is 0 Å². The molecule has 0 aliphatic carbocycles. The highest BCUT2D eigenvalue weighted by Crippen LogP contribution is 2.32. The maximum Gasteiger partial charge on any atom is 0.433 e. The summed E-state index contributed by atoms with van der Waals surface area (Å²) in [6.07, 6.45) is -2.49. The highest BCUT2D eigenvalue weighted by molar-refractivity contribution is 7.99. The number of carbonyl (C=O) groups excluding carboxylic acids is 1. The Morgan fingerprint density at radius 1 is 1.41 bits per heavy atom. The van der Waals surface area contributed by atoms with Gasteiger partial charge in [-0.15, -0.1) is 0 Å². The van der Waals surface area contributed by atoms with E-state index in [2.05, 4.69) is 15.3 Å². The summed E-state index contributed by atoms with van der Waals surface area (Å²) in [6.45, 7) is 2.23. The second-order valence-electron chi connectivity index (χ2n) is 5.77. The molecule has 2 heterocycles. The predicted molar refractivity (Wildman–Crippen MR) is 94.2 cm³/mol. The highest BCUT2D eigenvalue weighted by atomic mass is 32.2. The van der Waals surface area contributed by atoms with Gasteiger partial charge in [0.25, 0.3) is 0 Å². The molecule has 0 unspecified atom stereocenters. The summed E-state index contributed by atoms with van der Waals surface area (Å²) in [6, 6.07) is 3.86. The number of hydrogen-bond donors (Lipinski definition) is 1. The molecule has 0 fully saturated rings. The maximum absolute atomic E-state index is 13.1. The molecular formula is C17H20F3N3O3S. The lowest BCUT2D eigenvalue weighted by Crippen LogP contribution is -2.35. The topological polar surface area (TPSA) is 77.2 Å². The minimum atomic E-state index is -4.59. The fourth-order valence-corrected chi connectivity index (χ4v) is 3.02. The van der Waals surface area contributed by atoms with Gasteiger partial charge in [0.05, 0.1) is 12.9 Å². The number of methoxy groups -OCH3 is 1. The summed E-state index contributed by atoms with van der Waals surface area (Å²) in [5.74, 6) is 0.503. The largest absolute Gasteiger partial charge is 0.463 e. The molecule has 6 nitrogen and oxygen atoms in total. The number of rotatable bonds is 9. The van der Waals surface area contributed by atoms with Crippen molar-refractivity contribution in [2.45, 2.75) is 37.1 Å². The zero-order chi connectivity index (χ0) is 19.9. The van der Waals surface area contributed by atoms with Crippen LogP contribution in [0.2, 0.25) is 0 Å². The molecule has 0 aromatic carbocycles. The third-order valence-corrected chi connectivity index (χ3v) is 4.31. The van der Waals surface area contributed by atoms with Crippen LogP contribution in [0.5, 0.6) is 0 Å². The number of halogens is 3. The molecule has 0 spiro atoms. The lowest BCUT2D eigenvalue weighted by atomic mass is 10.2. The SMILES string of the molecule is COC[C@H](C)NC(=O)CCCSc1nc(-c2ccco2)cc(C(F)(F)F)n1. The van der Waals surface area contributed by atoms with Gasteiger partial charge in [0.2, 0.25) is 5.91 Å². The minimum Gasteiger partial charge on any atom is -0.463 e. The molecule has 10 heteroatoms. The van der Waals surface area contributed by atoms with Crippen molar-refractivity contribution in [2.75, 3.05) is 19.5 Å². The van der Waals surface area contributed by atoms with Gasteiger partial charge in [-0.25, -0.2) is 9.97 Å². The molecule has 0 saturated carbocycles. The van der Waals surface area contributed by atoms with Gasteiger partial charge in [-0.3, -0.25) is 4.79 Å². The van der Waals surface area contributed by atoms with E-state index in [0.29, 0.717) is 18.8 Å². The number of alkyl halides is 3. The van der Waals surface area contributed by atoms with E-state index in [1.165, 1.54) is 12.3 Å². The highest BCUT2D eigenvalue weighted by Gasteiger charge is 2.34. The van der Waals surface area contributed by atoms with Gasteiger partial charge in [0.15, 0.2) is 10.9 Å². The van der Waals surface area contributed by atoms with Crippen LogP contribution in [0.3, 0.4) is 0 Å². The molecule has 1 N–H and O–H groups in total. The van der Waals surface area contributed by atoms with Crippen molar-refractivity contribution >= 4 is 17.7 Å². The zero-order valence-corrected chi connectivity index (χ0v) is 15.7. The molecular weight excluding hydrogens is 383 g/mol. The van der Waals surface area contributed by atoms with Gasteiger partial charge in [-0.2, -0.15) is 13.2 Å². The Hall–Kier alpha value is -2.07. The third kappa shape index (κ3) is 6.87. The molecule has 2 aromatic rings. The van der Waals surface area contributed by atoms with Crippen molar-refractivity contribution in [2.24, 2.45) is 0 Å². The first-order chi connectivity index (χ1) is 12.8. The number of thioether (sulfide) groups is 1. The second kappa shape index (κ2) is 9.75. The molecule has 148 valence electrons. The molecule has 2 aromatic heterocycles. The summed E-state index contributed by atoms with van der Waals surface area (Å²) < 4.78 is 49.3. The normalized spacial score (nSPS) is 12.8. The van der Waals surface area contributed by atoms with E-state index in [9.17, 15) is 18.0 Å². The minimum absolute atomic E-state index is 0.00983. The van der Waals surface area contributed by atoms with E-state index in [0.717, 1.165) is 17.8 Å². The lowest BCUT2D eigenvalue weighted by Gasteiger charge is -2.12. The van der Waals surface area contributed by atoms with Gasteiger partial charge < -0.3 is 14.5 Å². The lowest BCUT2D eigenvalue weighted by molar-refractivity contribution is -0.141. The Balaban J connectivity index is 1.96. The molecule has 1 atom stereocenters. The average molecular weight is 403 g/mol. The predicted octanol–water partition coefficient (Wildman–Crippen LogP) is 3.78. The average Bonchev–Trinajstić information content (AvgIpc) is 3.12. The zero-order valence-electron chi connectivity index (χ0n) is 14.9. The summed E-state index contributed by atoms with van der Waals surface area (Å²) in [5.41, 5.74) is -0.964. The number of ether oxygens (including phenoxy) is 1. The summed E-state index contributed by atoms with van der Waals surface area (Å²) in [4.78, 5) is 19.5. The summed E-state index contributed by atoms with van der Waals surface area (Å²) >= 11 is 1.06. The van der Waals surface area contributed by atoms with Crippen LogP contribution >= 0.6 is 11.8 Å². The fourth-order valence-electron chi connectivity index (χ4n) is 2.22. The van der Waals surface area contributed by atoms with Crippen LogP contribution in [0.4, 0.5) is 13.2 Å². The summed E-state index contributed by atoms with van der Waals surface area (Å²) in [7, 11) is 1.55. The molecule has 0 aliphatic heterocycles. The molecule has 0 saturated heterocycles. The van der Waals surface area contributed by atoms with E-state index in [1.54, 1.807) is 13.2 Å². The van der Waals surface area contributed by atoms with Gasteiger partial charge >= 0.3 is 6.18 Å². The van der Waals surface area contributed by atoms with Gasteiger partial charge in [0, 0.05) is 25.3 Å². The van der Waals surface area contributed by atoms with Gasteiger partial charge in [0.1, 0.15) is 11.4 Å². The van der Waals surface area contributed by atoms with Crippen molar-refractivity contribution in [3.8, 4) is 11.5 Å². The Morgan fingerprint density at radius 3 is 2.81 bits per heavy atom. The van der Waals surface area contributed by atoms with Crippen LogP contribution in [0.25, 0.3) is 11.5 Å². The van der Waals surface area contributed by atoms with Crippen molar-refractivity contribution in [1.29, 1.82) is 0 Å². The van der Waals surface area contributed by atoms with Crippen LogP contribution in [-0.2, 0) is 15.7 Å². The standard InChI is InChI=1S/C17H20F3N3O3S/c1-11(10-25-2)21-15(24)6-4-8-27-16-22-12(13-5-3-7-26-13)9-14(23-16)17(18,19)20/h3,5,7,9,11H,4,6,8,10H2,1-2H3,(H,21,24)/t11-/m0/s1. The van der Waals surface area contributed by atoms with E-state index in [1.807, 2.05) is 6.92 Å². The number of aromatic nitrogens is 2. The van der Waals surface area contributed by atoms with Crippen molar-refractivity contribution in [1.82, 2.24) is 15.3 Å². The fraction of sp³-hybridized carbons (Fsp3) is 0.471. The molecule has 1 amide bonds. The van der Waals surface area contributed by atoms with E-state index >= 15 is 0 Å². The number of amides is 1. The first kappa shape index (κ1) is 21.2. The van der Waals surface area contributed by atoms with Crippen LogP contribution in [0.1, 0.15) is 25.5 Å². The Kier molecular flexibility index (Phi) is 7.66. The van der Waals surface area contributed by atoms with E-state index in [-0.39, 0.29) is 35.0 Å². The van der Waals surface area contributed by atoms with Gasteiger partial charge in [-0.1, -0.05) is 11.8 Å². The summed E-state index contributed by atoms with van der Waals surface area (Å²) in [5, 5.41) is 2.76. The van der Waals surface area contributed by atoms with E-state index in [4.69, 9.17) is 9.15 Å². The first-order valence-electron chi connectivity index (χ1n) is 8.21. The van der Waals surface area contributed by atoms with Gasteiger partial charge in [-0.05, 0) is 31.5 Å². The number of carbonyl (C=O) groups is 1. The Morgan fingerprint density at radius 2 is 2.19 bits per heavy atom. The molecule has 0 aliphatic rings. The maximum atomic E-state index is 13.1. The Labute approximate surface area is 158 Å². The number of hydrogen-bond acceptors (Lipinski definition) is 6. The van der Waals surface area contributed by atoms with Crippen LogP contribution < -0.4 is 5.32 Å². The smallest absolute Gasteiger partial charge is 0.433 e. The third-order valence-electron chi connectivity index (χ3n) is 3.37. The number of nitrogens with zero attached hydrogens (tertiary/aromatic N) is 2. The molecule has 2 rings (SSSR count). The van der Waals surface area contributed by atoms with Crippen molar-refractivity contribution < 1.29 is 27.1 Å². The Bertz CT molecular complexity index is 739. The monoisotopic (exact) mass is 403 g/mol.